The van der Waals surface area contributed by atoms with Gasteiger partial charge in [-0.3, -0.25) is 9.89 Å². The van der Waals surface area contributed by atoms with E-state index in [4.69, 9.17) is 4.74 Å². The van der Waals surface area contributed by atoms with E-state index in [9.17, 15) is 9.59 Å². The third kappa shape index (κ3) is 3.12. The van der Waals surface area contributed by atoms with E-state index in [-0.39, 0.29) is 17.8 Å². The van der Waals surface area contributed by atoms with Crippen LogP contribution >= 0.6 is 11.5 Å². The molecule has 23 heavy (non-hydrogen) atoms. The summed E-state index contributed by atoms with van der Waals surface area (Å²) in [4.78, 5) is 27.2. The van der Waals surface area contributed by atoms with Crippen LogP contribution in [0.15, 0.2) is 12.3 Å². The number of aryl methyl sites for hydroxylation is 1. The molecular formula is C15H18N4O3S. The lowest BCUT2D eigenvalue weighted by atomic mass is 10.0. The van der Waals surface area contributed by atoms with Gasteiger partial charge >= 0.3 is 5.97 Å². The Bertz CT molecular complexity index is 724. The van der Waals surface area contributed by atoms with Crippen LogP contribution in [0.3, 0.4) is 0 Å². The molecule has 3 rings (SSSR count). The van der Waals surface area contributed by atoms with Gasteiger partial charge in [0.05, 0.1) is 18.5 Å². The molecule has 7 nitrogen and oxygen atoms in total. The molecule has 3 heterocycles. The molecule has 0 radical (unpaired) electrons. The molecule has 0 spiro atoms. The number of amides is 1. The van der Waals surface area contributed by atoms with Crippen LogP contribution in [0, 0.1) is 6.92 Å². The number of likely N-dealkylation sites (tertiary alicyclic amines) is 1. The lowest BCUT2D eigenvalue weighted by molar-refractivity contribution is 0.0524. The van der Waals surface area contributed by atoms with Crippen molar-refractivity contribution in [1.29, 1.82) is 0 Å². The van der Waals surface area contributed by atoms with E-state index < -0.39 is 0 Å². The Balaban J connectivity index is 1.72. The fraction of sp³-hybridized carbons (Fsp3) is 0.467. The third-order valence-corrected chi connectivity index (χ3v) is 4.59. The van der Waals surface area contributed by atoms with Crippen molar-refractivity contribution in [2.75, 3.05) is 19.7 Å². The van der Waals surface area contributed by atoms with Crippen molar-refractivity contribution in [3.63, 3.8) is 0 Å². The van der Waals surface area contributed by atoms with Gasteiger partial charge in [-0.2, -0.15) is 9.47 Å². The first-order valence-corrected chi connectivity index (χ1v) is 8.30. The standard InChI is InChI=1S/C15H18N4O3S/c1-3-22-15(21)11-7-16-17-13(11)10-4-5-19(8-10)14(20)12-6-9(2)23-18-12/h6-7,10H,3-5,8H2,1-2H3,(H,16,17). The summed E-state index contributed by atoms with van der Waals surface area (Å²) in [6, 6.07) is 1.81. The summed E-state index contributed by atoms with van der Waals surface area (Å²) in [6.45, 7) is 5.20. The molecule has 1 unspecified atom stereocenters. The van der Waals surface area contributed by atoms with Crippen molar-refractivity contribution in [2.24, 2.45) is 0 Å². The fourth-order valence-corrected chi connectivity index (χ4v) is 3.33. The van der Waals surface area contributed by atoms with Crippen molar-refractivity contribution >= 4 is 23.4 Å². The molecule has 0 aliphatic carbocycles. The van der Waals surface area contributed by atoms with Gasteiger partial charge in [0.2, 0.25) is 0 Å². The van der Waals surface area contributed by atoms with Crippen LogP contribution in [0.25, 0.3) is 0 Å². The first-order chi connectivity index (χ1) is 11.1. The second-order valence-corrected chi connectivity index (χ2v) is 6.49. The predicted molar refractivity (Wildman–Crippen MR) is 84.7 cm³/mol. The van der Waals surface area contributed by atoms with Gasteiger partial charge < -0.3 is 9.64 Å². The maximum absolute atomic E-state index is 12.4. The number of H-pyrrole nitrogens is 1. The molecule has 0 aromatic carbocycles. The van der Waals surface area contributed by atoms with Gasteiger partial charge in [-0.15, -0.1) is 0 Å². The van der Waals surface area contributed by atoms with Crippen LogP contribution in [0.4, 0.5) is 0 Å². The van der Waals surface area contributed by atoms with Gasteiger partial charge in [0, 0.05) is 23.9 Å². The van der Waals surface area contributed by atoms with Crippen LogP contribution in [-0.2, 0) is 4.74 Å². The highest BCUT2D eigenvalue weighted by atomic mass is 32.1. The lowest BCUT2D eigenvalue weighted by Crippen LogP contribution is -2.28. The number of aromatic nitrogens is 3. The Morgan fingerprint density at radius 3 is 3.04 bits per heavy atom. The molecule has 1 saturated heterocycles. The SMILES string of the molecule is CCOC(=O)c1cn[nH]c1C1CCN(C(=O)c2cc(C)sn2)C1. The van der Waals surface area contributed by atoms with Gasteiger partial charge in [0.15, 0.2) is 0 Å². The number of hydrogen-bond acceptors (Lipinski definition) is 6. The molecule has 2 aromatic rings. The van der Waals surface area contributed by atoms with Crippen molar-refractivity contribution in [3.05, 3.63) is 34.1 Å². The molecule has 1 aliphatic rings. The summed E-state index contributed by atoms with van der Waals surface area (Å²) < 4.78 is 9.22. The van der Waals surface area contributed by atoms with Crippen molar-refractivity contribution in [1.82, 2.24) is 19.5 Å². The Morgan fingerprint density at radius 1 is 1.52 bits per heavy atom. The van der Waals surface area contributed by atoms with Crippen molar-refractivity contribution in [3.8, 4) is 0 Å². The molecule has 0 saturated carbocycles. The average Bonchev–Trinajstić information content (AvgIpc) is 3.26. The van der Waals surface area contributed by atoms with E-state index in [2.05, 4.69) is 14.6 Å². The number of nitrogens with zero attached hydrogens (tertiary/aromatic N) is 3. The number of ether oxygens (including phenoxy) is 1. The van der Waals surface area contributed by atoms with Crippen LogP contribution in [-0.4, -0.2) is 51.0 Å². The zero-order chi connectivity index (χ0) is 16.4. The Kier molecular flexibility index (Phi) is 4.42. The van der Waals surface area contributed by atoms with Gasteiger partial charge in [-0.25, -0.2) is 4.79 Å². The van der Waals surface area contributed by atoms with E-state index in [1.165, 1.54) is 17.7 Å². The summed E-state index contributed by atoms with van der Waals surface area (Å²) in [7, 11) is 0. The second-order valence-electron chi connectivity index (χ2n) is 5.48. The zero-order valence-electron chi connectivity index (χ0n) is 13.0. The molecule has 1 N–H and O–H groups in total. The number of nitrogens with one attached hydrogen (secondary N) is 1. The van der Waals surface area contributed by atoms with Gasteiger partial charge in [-0.05, 0) is 37.9 Å². The quantitative estimate of drug-likeness (QED) is 0.864. The fourth-order valence-electron chi connectivity index (χ4n) is 2.79. The Morgan fingerprint density at radius 2 is 2.35 bits per heavy atom. The second kappa shape index (κ2) is 6.49. The van der Waals surface area contributed by atoms with Crippen LogP contribution < -0.4 is 0 Å². The van der Waals surface area contributed by atoms with Crippen LogP contribution in [0.5, 0.6) is 0 Å². The molecule has 122 valence electrons. The molecule has 8 heteroatoms. The smallest absolute Gasteiger partial charge is 0.341 e. The van der Waals surface area contributed by atoms with E-state index in [0.29, 0.717) is 31.0 Å². The molecular weight excluding hydrogens is 316 g/mol. The Hall–Kier alpha value is -2.22. The van der Waals surface area contributed by atoms with E-state index in [1.54, 1.807) is 17.9 Å². The number of hydrogen-bond donors (Lipinski definition) is 1. The molecule has 1 amide bonds. The number of aromatic amines is 1. The summed E-state index contributed by atoms with van der Waals surface area (Å²) in [5, 5.41) is 6.85. The Labute approximate surface area is 137 Å². The van der Waals surface area contributed by atoms with E-state index in [0.717, 1.165) is 17.0 Å². The van der Waals surface area contributed by atoms with Crippen LogP contribution in [0.1, 0.15) is 50.7 Å². The molecule has 1 fully saturated rings. The minimum Gasteiger partial charge on any atom is -0.462 e. The van der Waals surface area contributed by atoms with Gasteiger partial charge in [0.1, 0.15) is 11.3 Å². The van der Waals surface area contributed by atoms with Crippen LogP contribution in [0.2, 0.25) is 0 Å². The lowest BCUT2D eigenvalue weighted by Gasteiger charge is -2.15. The number of esters is 1. The topological polar surface area (TPSA) is 88.2 Å². The summed E-state index contributed by atoms with van der Waals surface area (Å²) in [6.07, 6.45) is 2.27. The minimum absolute atomic E-state index is 0.0561. The molecule has 1 aliphatic heterocycles. The number of carbonyl (C=O) groups is 2. The molecule has 1 atom stereocenters. The normalized spacial score (nSPS) is 17.5. The highest BCUT2D eigenvalue weighted by Gasteiger charge is 2.32. The van der Waals surface area contributed by atoms with E-state index >= 15 is 0 Å². The zero-order valence-corrected chi connectivity index (χ0v) is 13.9. The average molecular weight is 334 g/mol. The third-order valence-electron chi connectivity index (χ3n) is 3.89. The summed E-state index contributed by atoms with van der Waals surface area (Å²) in [5.41, 5.74) is 1.69. The molecule has 2 aromatic heterocycles. The van der Waals surface area contributed by atoms with Crippen molar-refractivity contribution < 1.29 is 14.3 Å². The monoisotopic (exact) mass is 334 g/mol. The first kappa shape index (κ1) is 15.7. The minimum atomic E-state index is -0.379. The number of rotatable bonds is 4. The number of carbonyl (C=O) groups excluding carboxylic acids is 2. The van der Waals surface area contributed by atoms with Gasteiger partial charge in [-0.1, -0.05) is 0 Å². The highest BCUT2D eigenvalue weighted by Crippen LogP contribution is 2.29. The summed E-state index contributed by atoms with van der Waals surface area (Å²) >= 11 is 1.33. The van der Waals surface area contributed by atoms with Gasteiger partial charge in [0.25, 0.3) is 5.91 Å². The predicted octanol–water partition coefficient (Wildman–Crippen LogP) is 1.98. The maximum atomic E-state index is 12.4. The van der Waals surface area contributed by atoms with E-state index in [1.807, 2.05) is 6.92 Å². The highest BCUT2D eigenvalue weighted by molar-refractivity contribution is 7.05. The molecule has 0 bridgehead atoms. The summed E-state index contributed by atoms with van der Waals surface area (Å²) in [5.74, 6) is -0.384. The van der Waals surface area contributed by atoms with Crippen molar-refractivity contribution in [2.45, 2.75) is 26.2 Å². The first-order valence-electron chi connectivity index (χ1n) is 7.53. The maximum Gasteiger partial charge on any atom is 0.341 e. The largest absolute Gasteiger partial charge is 0.462 e.